The van der Waals surface area contributed by atoms with Crippen LogP contribution in [-0.2, 0) is 22.6 Å². The first-order valence-corrected chi connectivity index (χ1v) is 17.5. The van der Waals surface area contributed by atoms with Gasteiger partial charge in [-0.1, -0.05) is 30.3 Å². The molecule has 1 atom stereocenters. The van der Waals surface area contributed by atoms with Gasteiger partial charge in [-0.25, -0.2) is 9.97 Å². The number of fused-ring (bicyclic) bond motifs is 2. The van der Waals surface area contributed by atoms with Crippen molar-refractivity contribution in [2.24, 2.45) is 0 Å². The minimum Gasteiger partial charge on any atom is -0.480 e. The molecule has 10 nitrogen and oxygen atoms in total. The van der Waals surface area contributed by atoms with E-state index < -0.39 is 18.6 Å². The first-order valence-electron chi connectivity index (χ1n) is 17.5. The number of carboxylic acid groups (broad SMARTS) is 1. The predicted molar refractivity (Wildman–Crippen MR) is 191 cm³/mol. The molecule has 4 aromatic carbocycles. The molecule has 2 aromatic heterocycles. The van der Waals surface area contributed by atoms with Gasteiger partial charge < -0.3 is 23.4 Å². The van der Waals surface area contributed by atoms with E-state index in [9.17, 15) is 18.7 Å². The van der Waals surface area contributed by atoms with Crippen molar-refractivity contribution >= 4 is 28.2 Å². The van der Waals surface area contributed by atoms with Gasteiger partial charge in [-0.2, -0.15) is 8.78 Å². The van der Waals surface area contributed by atoms with Gasteiger partial charge in [-0.05, 0) is 97.8 Å². The van der Waals surface area contributed by atoms with Crippen LogP contribution in [0.1, 0.15) is 41.5 Å². The lowest BCUT2D eigenvalue weighted by atomic mass is 9.91. The smallest absolute Gasteiger partial charge is 0.387 e. The van der Waals surface area contributed by atoms with Crippen molar-refractivity contribution in [1.29, 1.82) is 0 Å². The van der Waals surface area contributed by atoms with E-state index in [-0.39, 0.29) is 17.9 Å². The number of aliphatic carboxylic acids is 1. The van der Waals surface area contributed by atoms with Crippen LogP contribution in [0, 0.1) is 13.8 Å². The van der Waals surface area contributed by atoms with E-state index >= 15 is 0 Å². The number of alkyl halides is 2. The van der Waals surface area contributed by atoms with Gasteiger partial charge in [-0.15, -0.1) is 0 Å². The van der Waals surface area contributed by atoms with Gasteiger partial charge in [0, 0.05) is 49.0 Å². The lowest BCUT2D eigenvalue weighted by Gasteiger charge is -2.26. The molecular formula is C40H38F2N4O6. The molecule has 0 saturated carbocycles. The third-order valence-electron chi connectivity index (χ3n) is 10.1. The van der Waals surface area contributed by atoms with Crippen molar-refractivity contribution < 1.29 is 37.0 Å². The summed E-state index contributed by atoms with van der Waals surface area (Å²) in [4.78, 5) is 25.5. The van der Waals surface area contributed by atoms with Crippen molar-refractivity contribution in [3.05, 3.63) is 89.0 Å². The number of hydrogen-bond donors (Lipinski definition) is 1. The van der Waals surface area contributed by atoms with Gasteiger partial charge in [0.1, 0.15) is 22.8 Å². The summed E-state index contributed by atoms with van der Waals surface area (Å²) >= 11 is 0. The zero-order valence-corrected chi connectivity index (χ0v) is 28.9. The average Bonchev–Trinajstić information content (AvgIpc) is 3.87. The molecule has 2 saturated heterocycles. The molecule has 0 radical (unpaired) electrons. The summed E-state index contributed by atoms with van der Waals surface area (Å²) in [6, 6.07) is 20.4. The topological polar surface area (TPSA) is 114 Å². The van der Waals surface area contributed by atoms with Crippen LogP contribution >= 0.6 is 0 Å². The summed E-state index contributed by atoms with van der Waals surface area (Å²) in [5.41, 5.74) is 9.36. The van der Waals surface area contributed by atoms with Crippen LogP contribution in [0.3, 0.4) is 0 Å². The number of nitrogens with zero attached hydrogens (tertiary/aromatic N) is 4. The van der Waals surface area contributed by atoms with E-state index in [4.69, 9.17) is 28.3 Å². The van der Waals surface area contributed by atoms with Gasteiger partial charge in [0.25, 0.3) is 0 Å². The third kappa shape index (κ3) is 6.65. The minimum absolute atomic E-state index is 0.0637. The highest BCUT2D eigenvalue weighted by molar-refractivity contribution is 5.85. The standard InChI is InChI=1S/C40H38F2N4O6/c1-23-27(7-3-9-29(23)37-43-31-17-25(12-13-34(31)50-37)20-45-14-6-16-49-22-45)28-8-4-10-30(24(28)2)38-44-32-18-26(21-46-15-5-11-33(46)39(47)48)35(52-40(41)42)19-36(32)51-38/h3-4,7-10,12-13,17-19,33,40H,5-6,11,14-16,20-22H2,1-2H3,(H,47,48)/t33-/m0/s1. The number of rotatable bonds is 10. The number of carbonyl (C=O) groups is 1. The molecular weight excluding hydrogens is 670 g/mol. The molecule has 4 heterocycles. The molecule has 52 heavy (non-hydrogen) atoms. The Labute approximate surface area is 298 Å². The first kappa shape index (κ1) is 33.9. The third-order valence-corrected chi connectivity index (χ3v) is 10.1. The van der Waals surface area contributed by atoms with E-state index in [1.165, 1.54) is 6.07 Å². The first-order chi connectivity index (χ1) is 25.2. The molecule has 0 bridgehead atoms. The second kappa shape index (κ2) is 14.1. The van der Waals surface area contributed by atoms with Crippen LogP contribution in [0.5, 0.6) is 5.75 Å². The summed E-state index contributed by atoms with van der Waals surface area (Å²) in [5, 5.41) is 9.65. The Morgan fingerprint density at radius 2 is 1.54 bits per heavy atom. The van der Waals surface area contributed by atoms with Crippen LogP contribution in [-0.4, -0.2) is 69.9 Å². The second-order valence-electron chi connectivity index (χ2n) is 13.5. The lowest BCUT2D eigenvalue weighted by molar-refractivity contribution is -0.142. The monoisotopic (exact) mass is 708 g/mol. The van der Waals surface area contributed by atoms with Gasteiger partial charge in [0.2, 0.25) is 11.8 Å². The fraction of sp³-hybridized carbons (Fsp3) is 0.325. The van der Waals surface area contributed by atoms with E-state index in [2.05, 4.69) is 23.1 Å². The quantitative estimate of drug-likeness (QED) is 0.149. The zero-order valence-electron chi connectivity index (χ0n) is 28.9. The lowest BCUT2D eigenvalue weighted by Crippen LogP contribution is -2.35. The summed E-state index contributed by atoms with van der Waals surface area (Å²) in [5.74, 6) is -0.122. The number of likely N-dealkylation sites (tertiary alicyclic amines) is 1. The summed E-state index contributed by atoms with van der Waals surface area (Å²) < 4.78 is 49.9. The molecule has 6 aromatic rings. The Balaban J connectivity index is 1.11. The van der Waals surface area contributed by atoms with Gasteiger partial charge in [0.15, 0.2) is 11.2 Å². The molecule has 0 aliphatic carbocycles. The highest BCUT2D eigenvalue weighted by Crippen LogP contribution is 2.39. The van der Waals surface area contributed by atoms with Gasteiger partial charge >= 0.3 is 12.6 Å². The molecule has 2 fully saturated rings. The summed E-state index contributed by atoms with van der Waals surface area (Å²) in [6.07, 6.45) is 2.24. The Kier molecular flexibility index (Phi) is 9.20. The maximum atomic E-state index is 13.5. The summed E-state index contributed by atoms with van der Waals surface area (Å²) in [6.45, 7) is 4.91. The van der Waals surface area contributed by atoms with Crippen LogP contribution < -0.4 is 4.74 Å². The molecule has 0 unspecified atom stereocenters. The van der Waals surface area contributed by atoms with Crippen molar-refractivity contribution in [2.75, 3.05) is 26.4 Å². The van der Waals surface area contributed by atoms with E-state index in [0.29, 0.717) is 49.0 Å². The Morgan fingerprint density at radius 1 is 0.865 bits per heavy atom. The Morgan fingerprint density at radius 3 is 2.19 bits per heavy atom. The number of oxazole rings is 2. The number of carboxylic acids is 1. The number of halogens is 2. The second-order valence-corrected chi connectivity index (χ2v) is 13.5. The number of benzene rings is 4. The van der Waals surface area contributed by atoms with Crippen molar-refractivity contribution in [3.8, 4) is 39.8 Å². The van der Waals surface area contributed by atoms with Crippen LogP contribution in [0.25, 0.3) is 56.2 Å². The Bertz CT molecular complexity index is 2280. The molecule has 268 valence electrons. The van der Waals surface area contributed by atoms with Gasteiger partial charge in [0.05, 0.1) is 6.73 Å². The fourth-order valence-electron chi connectivity index (χ4n) is 7.49. The highest BCUT2D eigenvalue weighted by atomic mass is 19.3. The van der Waals surface area contributed by atoms with Crippen molar-refractivity contribution in [3.63, 3.8) is 0 Å². The molecule has 2 aliphatic rings. The Hall–Kier alpha value is -5.17. The molecule has 0 spiro atoms. The van der Waals surface area contributed by atoms with Crippen LogP contribution in [0.15, 0.2) is 75.6 Å². The summed E-state index contributed by atoms with van der Waals surface area (Å²) in [7, 11) is 0. The van der Waals surface area contributed by atoms with Crippen LogP contribution in [0.2, 0.25) is 0 Å². The van der Waals surface area contributed by atoms with Crippen LogP contribution in [0.4, 0.5) is 8.78 Å². The maximum Gasteiger partial charge on any atom is 0.387 e. The van der Waals surface area contributed by atoms with Gasteiger partial charge in [-0.3, -0.25) is 14.6 Å². The normalized spacial score (nSPS) is 17.1. The maximum absolute atomic E-state index is 13.5. The highest BCUT2D eigenvalue weighted by Gasteiger charge is 2.31. The van der Waals surface area contributed by atoms with E-state index in [0.717, 1.165) is 76.2 Å². The zero-order chi connectivity index (χ0) is 35.9. The number of hydrogen-bond acceptors (Lipinski definition) is 9. The predicted octanol–water partition coefficient (Wildman–Crippen LogP) is 8.42. The molecule has 8 rings (SSSR count). The number of aromatic nitrogens is 2. The fourth-order valence-corrected chi connectivity index (χ4v) is 7.49. The van der Waals surface area contributed by atoms with Crippen molar-refractivity contribution in [1.82, 2.24) is 19.8 Å². The van der Waals surface area contributed by atoms with Crippen molar-refractivity contribution in [2.45, 2.75) is 58.9 Å². The SMILES string of the molecule is Cc1c(-c2nc3cc(CN4CCCOC4)ccc3o2)cccc1-c1cccc(-c2nc3cc(CN4CCC[C@H]4C(=O)O)c(OC(F)F)cc3o2)c1C. The largest absolute Gasteiger partial charge is 0.480 e. The molecule has 0 amide bonds. The van der Waals surface area contributed by atoms with E-state index in [1.807, 2.05) is 50.2 Å². The minimum atomic E-state index is -3.06. The van der Waals surface area contributed by atoms with E-state index in [1.54, 1.807) is 11.0 Å². The molecule has 1 N–H and O–H groups in total. The number of ether oxygens (including phenoxy) is 2. The molecule has 12 heteroatoms. The average molecular weight is 709 g/mol. The molecule has 2 aliphatic heterocycles.